The summed E-state index contributed by atoms with van der Waals surface area (Å²) in [6, 6.07) is 9.11. The molecule has 3 rings (SSSR count). The van der Waals surface area contributed by atoms with E-state index in [0.29, 0.717) is 17.9 Å². The Hall–Kier alpha value is -1.35. The van der Waals surface area contributed by atoms with Gasteiger partial charge >= 0.3 is 0 Å². The van der Waals surface area contributed by atoms with Gasteiger partial charge in [0.05, 0.1) is 0 Å². The van der Waals surface area contributed by atoms with Crippen molar-refractivity contribution >= 4 is 11.5 Å². The number of benzene rings is 1. The molecule has 2 heterocycles. The number of ketones is 1. The lowest BCUT2D eigenvalue weighted by atomic mass is 9.77. The normalized spacial score (nSPS) is 29.0. The SMILES string of the molecule is CN(C)c1ccccc1C(=O)C1CC2CCCC(C1)N2. The van der Waals surface area contributed by atoms with Crippen molar-refractivity contribution in [2.75, 3.05) is 19.0 Å². The number of fused-ring (bicyclic) bond motifs is 2. The largest absolute Gasteiger partial charge is 0.377 e. The molecule has 2 aliphatic rings. The first-order valence-electron chi connectivity index (χ1n) is 7.72. The Morgan fingerprint density at radius 1 is 1.15 bits per heavy atom. The van der Waals surface area contributed by atoms with Crippen LogP contribution in [0.5, 0.6) is 0 Å². The van der Waals surface area contributed by atoms with Gasteiger partial charge in [-0.25, -0.2) is 0 Å². The summed E-state index contributed by atoms with van der Waals surface area (Å²) in [6.45, 7) is 0. The average molecular weight is 272 g/mol. The fourth-order valence-corrected chi connectivity index (χ4v) is 3.77. The van der Waals surface area contributed by atoms with E-state index in [1.54, 1.807) is 0 Å². The van der Waals surface area contributed by atoms with Gasteiger partial charge in [0.2, 0.25) is 0 Å². The molecule has 1 aromatic carbocycles. The Bertz CT molecular complexity index is 486. The topological polar surface area (TPSA) is 32.3 Å². The zero-order valence-electron chi connectivity index (χ0n) is 12.4. The number of hydrogen-bond donors (Lipinski definition) is 1. The molecule has 2 aliphatic heterocycles. The van der Waals surface area contributed by atoms with Crippen molar-refractivity contribution in [3.8, 4) is 0 Å². The molecule has 20 heavy (non-hydrogen) atoms. The minimum absolute atomic E-state index is 0.202. The van der Waals surface area contributed by atoms with E-state index in [2.05, 4.69) is 5.32 Å². The molecule has 2 saturated heterocycles. The monoisotopic (exact) mass is 272 g/mol. The van der Waals surface area contributed by atoms with E-state index in [0.717, 1.165) is 24.1 Å². The van der Waals surface area contributed by atoms with Gasteiger partial charge in [-0.1, -0.05) is 18.6 Å². The van der Waals surface area contributed by atoms with Crippen molar-refractivity contribution in [3.63, 3.8) is 0 Å². The molecule has 0 aromatic heterocycles. The highest BCUT2D eigenvalue weighted by Gasteiger charge is 2.35. The fraction of sp³-hybridized carbons (Fsp3) is 0.588. The Morgan fingerprint density at radius 2 is 1.80 bits per heavy atom. The summed E-state index contributed by atoms with van der Waals surface area (Å²) < 4.78 is 0. The zero-order valence-corrected chi connectivity index (χ0v) is 12.4. The quantitative estimate of drug-likeness (QED) is 0.859. The summed E-state index contributed by atoms with van der Waals surface area (Å²) >= 11 is 0. The van der Waals surface area contributed by atoms with Crippen molar-refractivity contribution in [2.45, 2.75) is 44.2 Å². The summed E-state index contributed by atoms with van der Waals surface area (Å²) in [5.74, 6) is 0.542. The first-order valence-corrected chi connectivity index (χ1v) is 7.72. The van der Waals surface area contributed by atoms with Crippen LogP contribution < -0.4 is 10.2 Å². The van der Waals surface area contributed by atoms with Gasteiger partial charge < -0.3 is 10.2 Å². The number of rotatable bonds is 3. The molecule has 2 bridgehead atoms. The number of carbonyl (C=O) groups is 1. The molecule has 0 saturated carbocycles. The summed E-state index contributed by atoms with van der Waals surface area (Å²) in [5.41, 5.74) is 1.93. The van der Waals surface area contributed by atoms with E-state index >= 15 is 0 Å². The number of carbonyl (C=O) groups excluding carboxylic acids is 1. The summed E-state index contributed by atoms with van der Waals surface area (Å²) in [7, 11) is 4.01. The highest BCUT2D eigenvalue weighted by molar-refractivity contribution is 6.02. The Balaban J connectivity index is 1.82. The molecule has 2 atom stereocenters. The first-order chi connectivity index (χ1) is 9.65. The number of Topliss-reactive ketones (excluding diaryl/α,β-unsaturated/α-hetero) is 1. The van der Waals surface area contributed by atoms with Crippen LogP contribution in [0.4, 0.5) is 5.69 Å². The molecule has 0 spiro atoms. The molecule has 1 aromatic rings. The van der Waals surface area contributed by atoms with E-state index in [1.807, 2.05) is 43.3 Å². The van der Waals surface area contributed by atoms with Crippen molar-refractivity contribution < 1.29 is 4.79 Å². The first kappa shape index (κ1) is 13.6. The van der Waals surface area contributed by atoms with Crippen LogP contribution in [0.25, 0.3) is 0 Å². The van der Waals surface area contributed by atoms with Gasteiger partial charge in [0.1, 0.15) is 0 Å². The van der Waals surface area contributed by atoms with Crippen LogP contribution in [-0.4, -0.2) is 32.0 Å². The minimum Gasteiger partial charge on any atom is -0.377 e. The molecular formula is C17H24N2O. The number of nitrogens with one attached hydrogen (secondary N) is 1. The van der Waals surface area contributed by atoms with E-state index in [1.165, 1.54) is 19.3 Å². The van der Waals surface area contributed by atoms with Crippen LogP contribution in [0.3, 0.4) is 0 Å². The van der Waals surface area contributed by atoms with Crippen molar-refractivity contribution in [3.05, 3.63) is 29.8 Å². The maximum Gasteiger partial charge on any atom is 0.168 e. The third-order valence-corrected chi connectivity index (χ3v) is 4.74. The Labute approximate surface area is 121 Å². The molecular weight excluding hydrogens is 248 g/mol. The second kappa shape index (κ2) is 5.57. The molecule has 3 nitrogen and oxygen atoms in total. The van der Waals surface area contributed by atoms with E-state index in [9.17, 15) is 4.79 Å². The van der Waals surface area contributed by atoms with Crippen LogP contribution in [0.1, 0.15) is 42.5 Å². The standard InChI is InChI=1S/C17H24N2O/c1-19(2)16-9-4-3-8-15(16)17(20)12-10-13-6-5-7-14(11-12)18-13/h3-4,8-9,12-14,18H,5-7,10-11H2,1-2H3. The Morgan fingerprint density at radius 3 is 2.45 bits per heavy atom. The molecule has 3 heteroatoms. The Kier molecular flexibility index (Phi) is 3.79. The minimum atomic E-state index is 0.202. The maximum atomic E-state index is 12.9. The lowest BCUT2D eigenvalue weighted by Crippen LogP contribution is -2.50. The van der Waals surface area contributed by atoms with Gasteiger partial charge in [-0.15, -0.1) is 0 Å². The number of nitrogens with zero attached hydrogens (tertiary/aromatic N) is 1. The molecule has 0 aliphatic carbocycles. The second-order valence-electron chi connectivity index (χ2n) is 6.44. The van der Waals surface area contributed by atoms with Crippen LogP contribution in [0.15, 0.2) is 24.3 Å². The van der Waals surface area contributed by atoms with Crippen LogP contribution in [-0.2, 0) is 0 Å². The maximum absolute atomic E-state index is 12.9. The van der Waals surface area contributed by atoms with Gasteiger partial charge in [0.15, 0.2) is 5.78 Å². The zero-order chi connectivity index (χ0) is 14.1. The van der Waals surface area contributed by atoms with Crippen molar-refractivity contribution in [1.29, 1.82) is 0 Å². The number of piperidine rings is 2. The average Bonchev–Trinajstić information content (AvgIpc) is 2.46. The van der Waals surface area contributed by atoms with E-state index in [-0.39, 0.29) is 5.92 Å². The van der Waals surface area contributed by atoms with Crippen molar-refractivity contribution in [1.82, 2.24) is 5.32 Å². The predicted octanol–water partition coefficient (Wildman–Crippen LogP) is 2.86. The fourth-order valence-electron chi connectivity index (χ4n) is 3.77. The lowest BCUT2D eigenvalue weighted by Gasteiger charge is -2.40. The third-order valence-electron chi connectivity index (χ3n) is 4.74. The lowest BCUT2D eigenvalue weighted by molar-refractivity contribution is 0.0825. The molecule has 0 amide bonds. The van der Waals surface area contributed by atoms with Gasteiger partial charge in [-0.05, 0) is 37.8 Å². The van der Waals surface area contributed by atoms with E-state index < -0.39 is 0 Å². The number of hydrogen-bond acceptors (Lipinski definition) is 3. The van der Waals surface area contributed by atoms with Crippen LogP contribution in [0, 0.1) is 5.92 Å². The number of para-hydroxylation sites is 1. The van der Waals surface area contributed by atoms with Gasteiger partial charge in [-0.3, -0.25) is 4.79 Å². The van der Waals surface area contributed by atoms with Gasteiger partial charge in [0.25, 0.3) is 0 Å². The van der Waals surface area contributed by atoms with Gasteiger partial charge in [-0.2, -0.15) is 0 Å². The molecule has 108 valence electrons. The molecule has 1 N–H and O–H groups in total. The third kappa shape index (κ3) is 2.59. The highest BCUT2D eigenvalue weighted by Crippen LogP contribution is 2.33. The predicted molar refractivity (Wildman–Crippen MR) is 82.4 cm³/mol. The number of anilines is 1. The van der Waals surface area contributed by atoms with Crippen LogP contribution in [0.2, 0.25) is 0 Å². The van der Waals surface area contributed by atoms with Crippen molar-refractivity contribution in [2.24, 2.45) is 5.92 Å². The van der Waals surface area contributed by atoms with Gasteiger partial charge in [0, 0.05) is 43.3 Å². The van der Waals surface area contributed by atoms with E-state index in [4.69, 9.17) is 0 Å². The summed E-state index contributed by atoms with van der Waals surface area (Å²) in [6.07, 6.45) is 5.80. The summed E-state index contributed by atoms with van der Waals surface area (Å²) in [4.78, 5) is 14.9. The molecule has 2 fully saturated rings. The highest BCUT2D eigenvalue weighted by atomic mass is 16.1. The second-order valence-corrected chi connectivity index (χ2v) is 6.44. The molecule has 0 radical (unpaired) electrons. The van der Waals surface area contributed by atoms with Crippen LogP contribution >= 0.6 is 0 Å². The summed E-state index contributed by atoms with van der Waals surface area (Å²) in [5, 5.41) is 3.66. The smallest absolute Gasteiger partial charge is 0.168 e. The molecule has 2 unspecified atom stereocenters.